The second-order valence-corrected chi connectivity index (χ2v) is 6.75. The Balaban J connectivity index is 1.62. The number of aliphatic imine (C=N–C) groups is 1. The lowest BCUT2D eigenvalue weighted by Gasteiger charge is -2.33. The highest BCUT2D eigenvalue weighted by molar-refractivity contribution is 5.79. The number of rotatable bonds is 7. The van der Waals surface area contributed by atoms with Crippen molar-refractivity contribution in [2.24, 2.45) is 4.99 Å². The fourth-order valence-electron chi connectivity index (χ4n) is 3.12. The molecule has 2 rings (SSSR count). The van der Waals surface area contributed by atoms with Crippen LogP contribution in [0, 0.1) is 0 Å². The van der Waals surface area contributed by atoms with E-state index in [2.05, 4.69) is 44.8 Å². The third kappa shape index (κ3) is 8.08. The van der Waals surface area contributed by atoms with Gasteiger partial charge in [0, 0.05) is 45.7 Å². The molecule has 1 saturated heterocycles. The normalized spacial score (nSPS) is 17.3. The molecule has 0 unspecified atom stereocenters. The average Bonchev–Trinajstić information content (AvgIpc) is 2.62. The Bertz CT molecular complexity index is 537. The predicted molar refractivity (Wildman–Crippen MR) is 99.1 cm³/mol. The van der Waals surface area contributed by atoms with Crippen molar-refractivity contribution in [1.29, 1.82) is 0 Å². The Hall–Kier alpha value is -1.76. The predicted octanol–water partition coefficient (Wildman–Crippen LogP) is 3.55. The van der Waals surface area contributed by atoms with Crippen LogP contribution < -0.4 is 10.6 Å². The quantitative estimate of drug-likeness (QED) is 0.438. The number of hydrogen-bond acceptors (Lipinski definition) is 2. The van der Waals surface area contributed by atoms with Gasteiger partial charge in [-0.3, -0.25) is 9.89 Å². The summed E-state index contributed by atoms with van der Waals surface area (Å²) in [6.45, 7) is 3.52. The summed E-state index contributed by atoms with van der Waals surface area (Å²) in [5.41, 5.74) is 1.33. The monoisotopic (exact) mass is 370 g/mol. The second kappa shape index (κ2) is 10.4. The molecule has 0 saturated carbocycles. The molecule has 0 bridgehead atoms. The van der Waals surface area contributed by atoms with E-state index < -0.39 is 12.6 Å². The van der Waals surface area contributed by atoms with Gasteiger partial charge in [-0.1, -0.05) is 30.3 Å². The summed E-state index contributed by atoms with van der Waals surface area (Å²) in [6, 6.07) is 10.8. The topological polar surface area (TPSA) is 39.7 Å². The molecule has 0 aromatic heterocycles. The zero-order chi connectivity index (χ0) is 18.8. The van der Waals surface area contributed by atoms with Gasteiger partial charge >= 0.3 is 6.18 Å². The number of unbranched alkanes of at least 4 members (excludes halogenated alkanes) is 1. The van der Waals surface area contributed by atoms with Crippen LogP contribution in [0.3, 0.4) is 0 Å². The number of halogens is 3. The first-order chi connectivity index (χ1) is 12.5. The summed E-state index contributed by atoms with van der Waals surface area (Å²) in [7, 11) is 1.69. The molecule has 1 heterocycles. The SMILES string of the molecule is CN=C(NCCCCC(F)(F)F)NC1CCN(Cc2ccccc2)CC1. The molecule has 1 aromatic carbocycles. The molecule has 1 fully saturated rings. The van der Waals surface area contributed by atoms with Gasteiger partial charge in [0.2, 0.25) is 0 Å². The van der Waals surface area contributed by atoms with Gasteiger partial charge in [-0.25, -0.2) is 0 Å². The molecule has 0 spiro atoms. The number of nitrogens with zero attached hydrogens (tertiary/aromatic N) is 2. The minimum absolute atomic E-state index is 0.144. The van der Waals surface area contributed by atoms with Crippen LogP contribution >= 0.6 is 0 Å². The summed E-state index contributed by atoms with van der Waals surface area (Å²) >= 11 is 0. The lowest BCUT2D eigenvalue weighted by Crippen LogP contribution is -2.48. The highest BCUT2D eigenvalue weighted by Gasteiger charge is 2.25. The largest absolute Gasteiger partial charge is 0.389 e. The summed E-state index contributed by atoms with van der Waals surface area (Å²) in [6.07, 6.45) is -2.10. The van der Waals surface area contributed by atoms with Gasteiger partial charge in [0.1, 0.15) is 0 Å². The first kappa shape index (κ1) is 20.6. The minimum Gasteiger partial charge on any atom is -0.356 e. The molecule has 0 amide bonds. The molecule has 1 aliphatic rings. The Labute approximate surface area is 153 Å². The number of guanidine groups is 1. The summed E-state index contributed by atoms with van der Waals surface area (Å²) in [4.78, 5) is 6.62. The lowest BCUT2D eigenvalue weighted by atomic mass is 10.0. The van der Waals surface area contributed by atoms with E-state index in [0.717, 1.165) is 32.5 Å². The molecule has 4 nitrogen and oxygen atoms in total. The molecule has 7 heteroatoms. The van der Waals surface area contributed by atoms with Crippen molar-refractivity contribution in [1.82, 2.24) is 15.5 Å². The molecule has 26 heavy (non-hydrogen) atoms. The standard InChI is InChI=1S/C19H29F3N4/c1-23-18(24-12-6-5-11-19(20,21)22)25-17-9-13-26(14-10-17)15-16-7-3-2-4-8-16/h2-4,7-8,17H,5-6,9-15H2,1H3,(H2,23,24,25). The number of piperidine rings is 1. The first-order valence-electron chi connectivity index (χ1n) is 9.26. The van der Waals surface area contributed by atoms with Crippen molar-refractivity contribution in [3.05, 3.63) is 35.9 Å². The van der Waals surface area contributed by atoms with Crippen molar-refractivity contribution in [2.75, 3.05) is 26.7 Å². The molecule has 146 valence electrons. The summed E-state index contributed by atoms with van der Waals surface area (Å²) in [5.74, 6) is 0.679. The Morgan fingerprint density at radius 2 is 1.85 bits per heavy atom. The van der Waals surface area contributed by atoms with Crippen LogP contribution in [0.5, 0.6) is 0 Å². The maximum atomic E-state index is 12.1. The Kier molecular flexibility index (Phi) is 8.22. The minimum atomic E-state index is -4.06. The Morgan fingerprint density at radius 1 is 1.15 bits per heavy atom. The fraction of sp³-hybridized carbons (Fsp3) is 0.632. The van der Waals surface area contributed by atoms with E-state index in [4.69, 9.17) is 0 Å². The van der Waals surface area contributed by atoms with Crippen molar-refractivity contribution in [3.63, 3.8) is 0 Å². The number of alkyl halides is 3. The van der Waals surface area contributed by atoms with E-state index in [1.165, 1.54) is 5.56 Å². The van der Waals surface area contributed by atoms with E-state index in [1.807, 2.05) is 6.07 Å². The molecular formula is C19H29F3N4. The molecule has 0 radical (unpaired) electrons. The average molecular weight is 370 g/mol. The van der Waals surface area contributed by atoms with Gasteiger partial charge < -0.3 is 10.6 Å². The van der Waals surface area contributed by atoms with E-state index in [-0.39, 0.29) is 6.42 Å². The summed E-state index contributed by atoms with van der Waals surface area (Å²) in [5, 5.41) is 6.50. The zero-order valence-electron chi connectivity index (χ0n) is 15.4. The molecular weight excluding hydrogens is 341 g/mol. The van der Waals surface area contributed by atoms with Gasteiger partial charge in [-0.15, -0.1) is 0 Å². The fourth-order valence-corrected chi connectivity index (χ4v) is 3.12. The van der Waals surface area contributed by atoms with Crippen LogP contribution in [0.4, 0.5) is 13.2 Å². The molecule has 1 aromatic rings. The van der Waals surface area contributed by atoms with Gasteiger partial charge in [-0.2, -0.15) is 13.2 Å². The summed E-state index contributed by atoms with van der Waals surface area (Å²) < 4.78 is 36.4. The van der Waals surface area contributed by atoms with E-state index in [1.54, 1.807) is 7.05 Å². The second-order valence-electron chi connectivity index (χ2n) is 6.75. The van der Waals surface area contributed by atoms with E-state index >= 15 is 0 Å². The molecule has 0 atom stereocenters. The van der Waals surface area contributed by atoms with Crippen LogP contribution in [0.1, 0.15) is 37.7 Å². The van der Waals surface area contributed by atoms with Crippen LogP contribution in [-0.2, 0) is 6.54 Å². The highest BCUT2D eigenvalue weighted by Crippen LogP contribution is 2.21. The number of nitrogens with one attached hydrogen (secondary N) is 2. The van der Waals surface area contributed by atoms with Crippen molar-refractivity contribution >= 4 is 5.96 Å². The molecule has 1 aliphatic heterocycles. The smallest absolute Gasteiger partial charge is 0.356 e. The van der Waals surface area contributed by atoms with Crippen LogP contribution in [-0.4, -0.2) is 49.8 Å². The van der Waals surface area contributed by atoms with Crippen LogP contribution in [0.15, 0.2) is 35.3 Å². The third-order valence-electron chi connectivity index (χ3n) is 4.58. The maximum Gasteiger partial charge on any atom is 0.389 e. The Morgan fingerprint density at radius 3 is 2.46 bits per heavy atom. The van der Waals surface area contributed by atoms with Crippen molar-refractivity contribution < 1.29 is 13.2 Å². The van der Waals surface area contributed by atoms with Gasteiger partial charge in [0.05, 0.1) is 0 Å². The number of hydrogen-bond donors (Lipinski definition) is 2. The van der Waals surface area contributed by atoms with Gasteiger partial charge in [0.15, 0.2) is 5.96 Å². The van der Waals surface area contributed by atoms with Gasteiger partial charge in [0.25, 0.3) is 0 Å². The molecule has 2 N–H and O–H groups in total. The van der Waals surface area contributed by atoms with E-state index in [0.29, 0.717) is 25.0 Å². The third-order valence-corrected chi connectivity index (χ3v) is 4.58. The maximum absolute atomic E-state index is 12.1. The van der Waals surface area contributed by atoms with Gasteiger partial charge in [-0.05, 0) is 31.2 Å². The number of likely N-dealkylation sites (tertiary alicyclic amines) is 1. The number of benzene rings is 1. The van der Waals surface area contributed by atoms with E-state index in [9.17, 15) is 13.2 Å². The zero-order valence-corrected chi connectivity index (χ0v) is 15.4. The van der Waals surface area contributed by atoms with Crippen LogP contribution in [0.25, 0.3) is 0 Å². The first-order valence-corrected chi connectivity index (χ1v) is 9.26. The van der Waals surface area contributed by atoms with Crippen molar-refractivity contribution in [2.45, 2.75) is 50.9 Å². The lowest BCUT2D eigenvalue weighted by molar-refractivity contribution is -0.135. The highest BCUT2D eigenvalue weighted by atomic mass is 19.4. The molecule has 0 aliphatic carbocycles. The van der Waals surface area contributed by atoms with Crippen LogP contribution in [0.2, 0.25) is 0 Å². The van der Waals surface area contributed by atoms with Crippen molar-refractivity contribution in [3.8, 4) is 0 Å².